The molecule has 1 amide bonds. The lowest BCUT2D eigenvalue weighted by molar-refractivity contribution is -0.115. The third-order valence-electron chi connectivity index (χ3n) is 2.88. The first-order valence-electron chi connectivity index (χ1n) is 6.82. The number of nitrogens with zero attached hydrogens (tertiary/aromatic N) is 2. The highest BCUT2D eigenvalue weighted by molar-refractivity contribution is 8.00. The first kappa shape index (κ1) is 16.2. The molecular weight excluding hydrogens is 303 g/mol. The van der Waals surface area contributed by atoms with Crippen molar-refractivity contribution in [2.24, 2.45) is 0 Å². The molecule has 0 radical (unpaired) electrons. The summed E-state index contributed by atoms with van der Waals surface area (Å²) in [6, 6.07) is 7.31. The number of hydrogen-bond acceptors (Lipinski definition) is 5. The molecular formula is C15H17FN4OS. The zero-order valence-electron chi connectivity index (χ0n) is 12.3. The van der Waals surface area contributed by atoms with Crippen LogP contribution in [-0.2, 0) is 4.79 Å². The summed E-state index contributed by atoms with van der Waals surface area (Å²) in [7, 11) is 0. The Morgan fingerprint density at radius 2 is 2.05 bits per heavy atom. The number of benzene rings is 1. The van der Waals surface area contributed by atoms with Gasteiger partial charge in [-0.2, -0.15) is 0 Å². The van der Waals surface area contributed by atoms with E-state index in [0.29, 0.717) is 23.1 Å². The van der Waals surface area contributed by atoms with Gasteiger partial charge in [0.15, 0.2) is 5.16 Å². The first-order valence-corrected chi connectivity index (χ1v) is 7.70. The molecule has 0 saturated heterocycles. The molecule has 3 N–H and O–H groups in total. The van der Waals surface area contributed by atoms with Crippen molar-refractivity contribution in [1.29, 1.82) is 0 Å². The van der Waals surface area contributed by atoms with Gasteiger partial charge in [0.25, 0.3) is 0 Å². The highest BCUT2D eigenvalue weighted by Gasteiger charge is 2.20. The molecule has 0 aliphatic rings. The van der Waals surface area contributed by atoms with Crippen molar-refractivity contribution in [3.63, 3.8) is 0 Å². The van der Waals surface area contributed by atoms with E-state index < -0.39 is 0 Å². The number of carbonyl (C=O) groups is 1. The summed E-state index contributed by atoms with van der Waals surface area (Å²) in [6.45, 7) is 3.72. The summed E-state index contributed by atoms with van der Waals surface area (Å²) in [4.78, 5) is 20.7. The molecule has 2 rings (SSSR count). The molecule has 0 spiro atoms. The number of carbonyl (C=O) groups excluding carboxylic acids is 1. The van der Waals surface area contributed by atoms with E-state index in [2.05, 4.69) is 15.3 Å². The number of thioether (sulfide) groups is 1. The molecule has 0 bridgehead atoms. The highest BCUT2D eigenvalue weighted by atomic mass is 32.2. The minimum Gasteiger partial charge on any atom is -0.384 e. The number of nitrogens with one attached hydrogen (secondary N) is 1. The van der Waals surface area contributed by atoms with E-state index in [1.54, 1.807) is 6.07 Å². The predicted molar refractivity (Wildman–Crippen MR) is 86.1 cm³/mol. The molecule has 0 fully saturated rings. The van der Waals surface area contributed by atoms with Crippen LogP contribution in [0.25, 0.3) is 0 Å². The fourth-order valence-electron chi connectivity index (χ4n) is 1.82. The molecule has 7 heteroatoms. The van der Waals surface area contributed by atoms with Crippen LogP contribution in [0.1, 0.15) is 19.0 Å². The number of aryl methyl sites for hydroxylation is 1. The average Bonchev–Trinajstić information content (AvgIpc) is 2.46. The number of halogens is 1. The van der Waals surface area contributed by atoms with Crippen LogP contribution in [0.5, 0.6) is 0 Å². The van der Waals surface area contributed by atoms with Crippen molar-refractivity contribution in [1.82, 2.24) is 9.97 Å². The number of nitrogen functional groups attached to an aromatic ring is 1. The van der Waals surface area contributed by atoms with Gasteiger partial charge in [-0.15, -0.1) is 0 Å². The molecule has 1 atom stereocenters. The Morgan fingerprint density at radius 1 is 1.36 bits per heavy atom. The van der Waals surface area contributed by atoms with Gasteiger partial charge in [0, 0.05) is 17.4 Å². The molecule has 22 heavy (non-hydrogen) atoms. The van der Waals surface area contributed by atoms with Crippen molar-refractivity contribution in [2.75, 3.05) is 11.1 Å². The van der Waals surface area contributed by atoms with Crippen LogP contribution < -0.4 is 11.1 Å². The molecule has 1 aromatic carbocycles. The first-order chi connectivity index (χ1) is 10.5. The topological polar surface area (TPSA) is 80.9 Å². The maximum Gasteiger partial charge on any atom is 0.237 e. The van der Waals surface area contributed by atoms with Crippen LogP contribution in [-0.4, -0.2) is 21.1 Å². The van der Waals surface area contributed by atoms with Gasteiger partial charge in [-0.1, -0.05) is 18.7 Å². The summed E-state index contributed by atoms with van der Waals surface area (Å²) in [5.74, 6) is -0.144. The van der Waals surface area contributed by atoms with Crippen LogP contribution in [0.3, 0.4) is 0 Å². The van der Waals surface area contributed by atoms with Gasteiger partial charge in [-0.25, -0.2) is 14.4 Å². The van der Waals surface area contributed by atoms with Crippen LogP contribution >= 0.6 is 11.8 Å². The summed E-state index contributed by atoms with van der Waals surface area (Å²) in [5, 5.41) is 2.87. The van der Waals surface area contributed by atoms with Crippen molar-refractivity contribution in [2.45, 2.75) is 30.7 Å². The molecule has 2 aromatic rings. The van der Waals surface area contributed by atoms with E-state index in [9.17, 15) is 9.18 Å². The molecule has 0 unspecified atom stereocenters. The Balaban J connectivity index is 2.06. The molecule has 1 heterocycles. The van der Waals surface area contributed by atoms with Crippen LogP contribution in [0.2, 0.25) is 0 Å². The van der Waals surface area contributed by atoms with Gasteiger partial charge in [0.05, 0.1) is 5.25 Å². The van der Waals surface area contributed by atoms with Gasteiger partial charge in [0.2, 0.25) is 5.91 Å². The molecule has 0 aliphatic heterocycles. The number of amides is 1. The number of anilines is 2. The Bertz CT molecular complexity index is 643. The second-order valence-corrected chi connectivity index (χ2v) is 5.90. The largest absolute Gasteiger partial charge is 0.384 e. The highest BCUT2D eigenvalue weighted by Crippen LogP contribution is 2.24. The van der Waals surface area contributed by atoms with E-state index in [1.165, 1.54) is 36.0 Å². The third kappa shape index (κ3) is 4.42. The standard InChI is InChI=1S/C15H17FN4OS/c1-3-12(22-15-18-9(2)8-13(17)20-15)14(21)19-11-6-4-10(16)5-7-11/h4-8,12H,3H2,1-2H3,(H,19,21)(H2,17,18,20)/t12-/m0/s1. The lowest BCUT2D eigenvalue weighted by Crippen LogP contribution is -2.24. The zero-order chi connectivity index (χ0) is 16.1. The van der Waals surface area contributed by atoms with Gasteiger partial charge >= 0.3 is 0 Å². The zero-order valence-corrected chi connectivity index (χ0v) is 13.2. The Morgan fingerprint density at radius 3 is 2.64 bits per heavy atom. The SMILES string of the molecule is CC[C@H](Sc1nc(C)cc(N)n1)C(=O)Nc1ccc(F)cc1. The van der Waals surface area contributed by atoms with Gasteiger partial charge in [0.1, 0.15) is 11.6 Å². The van der Waals surface area contributed by atoms with Gasteiger partial charge in [-0.05, 0) is 37.6 Å². The normalized spacial score (nSPS) is 12.0. The second kappa shape index (κ2) is 7.22. The van der Waals surface area contributed by atoms with E-state index in [1.807, 2.05) is 13.8 Å². The monoisotopic (exact) mass is 320 g/mol. The van der Waals surface area contributed by atoms with Crippen molar-refractivity contribution < 1.29 is 9.18 Å². The number of hydrogen-bond donors (Lipinski definition) is 2. The molecule has 5 nitrogen and oxygen atoms in total. The van der Waals surface area contributed by atoms with Crippen molar-refractivity contribution >= 4 is 29.2 Å². The van der Waals surface area contributed by atoms with E-state index in [-0.39, 0.29) is 17.0 Å². The third-order valence-corrected chi connectivity index (χ3v) is 4.10. The van der Waals surface area contributed by atoms with E-state index in [4.69, 9.17) is 5.73 Å². The van der Waals surface area contributed by atoms with Crippen LogP contribution in [0.15, 0.2) is 35.5 Å². The number of rotatable bonds is 5. The Kier molecular flexibility index (Phi) is 5.32. The Hall–Kier alpha value is -2.15. The average molecular weight is 320 g/mol. The molecule has 0 aliphatic carbocycles. The lowest BCUT2D eigenvalue weighted by atomic mass is 10.2. The van der Waals surface area contributed by atoms with Gasteiger partial charge < -0.3 is 11.1 Å². The summed E-state index contributed by atoms with van der Waals surface area (Å²) >= 11 is 1.26. The second-order valence-electron chi connectivity index (χ2n) is 4.73. The van der Waals surface area contributed by atoms with E-state index >= 15 is 0 Å². The summed E-state index contributed by atoms with van der Waals surface area (Å²) < 4.78 is 12.9. The van der Waals surface area contributed by atoms with Crippen molar-refractivity contribution in [3.8, 4) is 0 Å². The van der Waals surface area contributed by atoms with E-state index in [0.717, 1.165) is 5.69 Å². The minimum absolute atomic E-state index is 0.178. The molecule has 1 aromatic heterocycles. The number of nitrogens with two attached hydrogens (primary N) is 1. The quantitative estimate of drug-likeness (QED) is 0.654. The van der Waals surface area contributed by atoms with Crippen molar-refractivity contribution in [3.05, 3.63) is 41.8 Å². The maximum absolute atomic E-state index is 12.9. The molecule has 116 valence electrons. The summed E-state index contributed by atoms with van der Waals surface area (Å²) in [6.07, 6.45) is 0.606. The smallest absolute Gasteiger partial charge is 0.237 e. The predicted octanol–water partition coefficient (Wildman–Crippen LogP) is 3.02. The fourth-order valence-corrected chi connectivity index (χ4v) is 2.76. The summed E-state index contributed by atoms with van der Waals surface area (Å²) in [5.41, 5.74) is 6.99. The minimum atomic E-state index is -0.355. The van der Waals surface area contributed by atoms with Crippen LogP contribution in [0, 0.1) is 12.7 Å². The molecule has 0 saturated carbocycles. The van der Waals surface area contributed by atoms with Crippen LogP contribution in [0.4, 0.5) is 15.9 Å². The van der Waals surface area contributed by atoms with Gasteiger partial charge in [-0.3, -0.25) is 4.79 Å². The number of aromatic nitrogens is 2. The maximum atomic E-state index is 12.9. The Labute approximate surface area is 132 Å². The lowest BCUT2D eigenvalue weighted by Gasteiger charge is -2.14. The fraction of sp³-hybridized carbons (Fsp3) is 0.267.